The van der Waals surface area contributed by atoms with Crippen LogP contribution in [0, 0.1) is 5.92 Å². The second-order valence-corrected chi connectivity index (χ2v) is 3.29. The minimum Gasteiger partial charge on any atom is -0.412 e. The molecule has 0 aromatic carbocycles. The summed E-state index contributed by atoms with van der Waals surface area (Å²) in [5, 5.41) is 0. The summed E-state index contributed by atoms with van der Waals surface area (Å²) in [6.45, 7) is 4.16. The molecule has 1 aliphatic rings. The van der Waals surface area contributed by atoms with E-state index in [1.54, 1.807) is 0 Å². The lowest BCUT2D eigenvalue weighted by atomic mass is 9.93. The maximum Gasteiger partial charge on any atom is 0.0966 e. The standard InChI is InChI=1S/C8H16N2.H2O/c1-6(2)8(9)10-7-4-3-5-7;/h6-7H,3-5H2,1-2H3,(H2,9,10);1H2. The van der Waals surface area contributed by atoms with Crippen LogP contribution in [-0.4, -0.2) is 17.4 Å². The maximum absolute atomic E-state index is 5.68. The fourth-order valence-electron chi connectivity index (χ4n) is 0.876. The van der Waals surface area contributed by atoms with Gasteiger partial charge in [0.25, 0.3) is 0 Å². The van der Waals surface area contributed by atoms with Gasteiger partial charge >= 0.3 is 0 Å². The minimum absolute atomic E-state index is 0. The molecule has 66 valence electrons. The first-order valence-electron chi connectivity index (χ1n) is 4.03. The van der Waals surface area contributed by atoms with Crippen molar-refractivity contribution in [1.82, 2.24) is 0 Å². The van der Waals surface area contributed by atoms with Crippen molar-refractivity contribution >= 4 is 5.84 Å². The lowest BCUT2D eigenvalue weighted by Crippen LogP contribution is -2.25. The molecule has 0 atom stereocenters. The molecule has 0 aromatic rings. The first-order valence-corrected chi connectivity index (χ1v) is 4.03. The molecular weight excluding hydrogens is 140 g/mol. The number of aliphatic imine (C=N–C) groups is 1. The quantitative estimate of drug-likeness (QED) is 0.467. The fraction of sp³-hybridized carbons (Fsp3) is 0.875. The third-order valence-corrected chi connectivity index (χ3v) is 2.00. The van der Waals surface area contributed by atoms with E-state index < -0.39 is 0 Å². The van der Waals surface area contributed by atoms with E-state index in [-0.39, 0.29) is 5.48 Å². The molecule has 0 unspecified atom stereocenters. The predicted octanol–water partition coefficient (Wildman–Crippen LogP) is 0.727. The van der Waals surface area contributed by atoms with Crippen LogP contribution < -0.4 is 5.73 Å². The Labute approximate surface area is 68.0 Å². The second-order valence-electron chi connectivity index (χ2n) is 3.29. The van der Waals surface area contributed by atoms with Gasteiger partial charge < -0.3 is 11.2 Å². The summed E-state index contributed by atoms with van der Waals surface area (Å²) < 4.78 is 0. The van der Waals surface area contributed by atoms with Crippen molar-refractivity contribution < 1.29 is 5.48 Å². The van der Waals surface area contributed by atoms with E-state index in [4.69, 9.17) is 5.73 Å². The van der Waals surface area contributed by atoms with E-state index in [0.717, 1.165) is 5.84 Å². The Balaban J connectivity index is 0.000001000. The normalized spacial score (nSPS) is 19.4. The van der Waals surface area contributed by atoms with Gasteiger partial charge in [-0.15, -0.1) is 0 Å². The van der Waals surface area contributed by atoms with Gasteiger partial charge in [-0.3, -0.25) is 4.99 Å². The summed E-state index contributed by atoms with van der Waals surface area (Å²) in [4.78, 5) is 4.38. The van der Waals surface area contributed by atoms with Crippen LogP contribution in [0.3, 0.4) is 0 Å². The summed E-state index contributed by atoms with van der Waals surface area (Å²) >= 11 is 0. The van der Waals surface area contributed by atoms with Crippen LogP contribution in [0.1, 0.15) is 33.1 Å². The zero-order valence-electron chi connectivity index (χ0n) is 7.30. The van der Waals surface area contributed by atoms with E-state index in [2.05, 4.69) is 18.8 Å². The molecule has 0 aromatic heterocycles. The Morgan fingerprint density at radius 3 is 2.27 bits per heavy atom. The summed E-state index contributed by atoms with van der Waals surface area (Å²) in [7, 11) is 0. The van der Waals surface area contributed by atoms with Crippen LogP contribution in [0.25, 0.3) is 0 Å². The molecule has 1 rings (SSSR count). The van der Waals surface area contributed by atoms with Crippen molar-refractivity contribution in [2.45, 2.75) is 39.2 Å². The zero-order chi connectivity index (χ0) is 7.56. The Morgan fingerprint density at radius 2 is 2.00 bits per heavy atom. The van der Waals surface area contributed by atoms with Gasteiger partial charge in [0.2, 0.25) is 0 Å². The van der Waals surface area contributed by atoms with Gasteiger partial charge in [-0.1, -0.05) is 13.8 Å². The molecule has 4 N–H and O–H groups in total. The molecular formula is C8H18N2O. The Hall–Kier alpha value is -0.570. The van der Waals surface area contributed by atoms with Gasteiger partial charge in [0.1, 0.15) is 0 Å². The molecule has 0 radical (unpaired) electrons. The van der Waals surface area contributed by atoms with Crippen molar-refractivity contribution in [2.75, 3.05) is 0 Å². The lowest BCUT2D eigenvalue weighted by molar-refractivity contribution is 0.418. The first kappa shape index (κ1) is 10.4. The van der Waals surface area contributed by atoms with Gasteiger partial charge in [-0.2, -0.15) is 0 Å². The topological polar surface area (TPSA) is 69.9 Å². The predicted molar refractivity (Wildman–Crippen MR) is 47.7 cm³/mol. The minimum atomic E-state index is 0. The highest BCUT2D eigenvalue weighted by Gasteiger charge is 2.16. The summed E-state index contributed by atoms with van der Waals surface area (Å²) in [6, 6.07) is 0.558. The van der Waals surface area contributed by atoms with E-state index in [1.165, 1.54) is 19.3 Å². The molecule has 1 fully saturated rings. The van der Waals surface area contributed by atoms with Crippen LogP contribution in [0.5, 0.6) is 0 Å². The Morgan fingerprint density at radius 1 is 1.45 bits per heavy atom. The smallest absolute Gasteiger partial charge is 0.0966 e. The van der Waals surface area contributed by atoms with Crippen molar-refractivity contribution in [1.29, 1.82) is 0 Å². The van der Waals surface area contributed by atoms with Gasteiger partial charge in [0.15, 0.2) is 0 Å². The second kappa shape index (κ2) is 4.34. The zero-order valence-corrected chi connectivity index (χ0v) is 7.30. The van der Waals surface area contributed by atoms with Crippen LogP contribution in [-0.2, 0) is 0 Å². The third-order valence-electron chi connectivity index (χ3n) is 2.00. The number of nitrogens with zero attached hydrogens (tertiary/aromatic N) is 1. The van der Waals surface area contributed by atoms with Crippen molar-refractivity contribution in [3.63, 3.8) is 0 Å². The average molecular weight is 158 g/mol. The number of hydrogen-bond donors (Lipinski definition) is 1. The molecule has 0 heterocycles. The van der Waals surface area contributed by atoms with Crippen LogP contribution in [0.2, 0.25) is 0 Å². The van der Waals surface area contributed by atoms with Gasteiger partial charge in [-0.05, 0) is 19.3 Å². The fourth-order valence-corrected chi connectivity index (χ4v) is 0.876. The highest BCUT2D eigenvalue weighted by atomic mass is 16.0. The van der Waals surface area contributed by atoms with E-state index in [9.17, 15) is 0 Å². The maximum atomic E-state index is 5.68. The first-order chi connectivity index (χ1) is 4.70. The molecule has 11 heavy (non-hydrogen) atoms. The van der Waals surface area contributed by atoms with Crippen LogP contribution in [0.4, 0.5) is 0 Å². The molecule has 0 aliphatic heterocycles. The van der Waals surface area contributed by atoms with Crippen molar-refractivity contribution in [3.05, 3.63) is 0 Å². The average Bonchev–Trinajstić information content (AvgIpc) is 1.77. The number of rotatable bonds is 2. The largest absolute Gasteiger partial charge is 0.412 e. The SMILES string of the molecule is CC(C)C(N)=NC1CCC1.O. The molecule has 0 saturated heterocycles. The van der Waals surface area contributed by atoms with E-state index in [0.29, 0.717) is 12.0 Å². The molecule has 0 bridgehead atoms. The van der Waals surface area contributed by atoms with E-state index >= 15 is 0 Å². The van der Waals surface area contributed by atoms with Gasteiger partial charge in [0, 0.05) is 5.92 Å². The summed E-state index contributed by atoms with van der Waals surface area (Å²) in [6.07, 6.45) is 3.82. The molecule has 1 saturated carbocycles. The monoisotopic (exact) mass is 158 g/mol. The molecule has 0 spiro atoms. The Kier molecular flexibility index (Phi) is 4.11. The van der Waals surface area contributed by atoms with Crippen LogP contribution in [0.15, 0.2) is 4.99 Å². The van der Waals surface area contributed by atoms with Gasteiger partial charge in [-0.25, -0.2) is 0 Å². The molecule has 1 aliphatic carbocycles. The highest BCUT2D eigenvalue weighted by molar-refractivity contribution is 5.82. The molecule has 0 amide bonds. The summed E-state index contributed by atoms with van der Waals surface area (Å²) in [5.74, 6) is 1.24. The highest BCUT2D eigenvalue weighted by Crippen LogP contribution is 2.22. The van der Waals surface area contributed by atoms with E-state index in [1.807, 2.05) is 0 Å². The summed E-state index contributed by atoms with van der Waals surface area (Å²) in [5.41, 5.74) is 5.68. The molecule has 3 nitrogen and oxygen atoms in total. The van der Waals surface area contributed by atoms with Crippen molar-refractivity contribution in [3.8, 4) is 0 Å². The number of nitrogens with two attached hydrogens (primary N) is 1. The van der Waals surface area contributed by atoms with Crippen LogP contribution >= 0.6 is 0 Å². The lowest BCUT2D eigenvalue weighted by Gasteiger charge is -2.22. The van der Waals surface area contributed by atoms with Gasteiger partial charge in [0.05, 0.1) is 11.9 Å². The third kappa shape index (κ3) is 2.89. The Bertz CT molecular complexity index is 139. The number of hydrogen-bond acceptors (Lipinski definition) is 1. The molecule has 3 heteroatoms. The van der Waals surface area contributed by atoms with Crippen molar-refractivity contribution in [2.24, 2.45) is 16.6 Å². The number of amidine groups is 1.